The van der Waals surface area contributed by atoms with Gasteiger partial charge in [-0.15, -0.1) is 24.5 Å². The van der Waals surface area contributed by atoms with Crippen LogP contribution in [0, 0.1) is 0 Å². The van der Waals surface area contributed by atoms with Crippen molar-refractivity contribution in [2.75, 3.05) is 0 Å². The molecular weight excluding hydrogens is 357 g/mol. The van der Waals surface area contributed by atoms with Gasteiger partial charge in [-0.05, 0) is 45.1 Å². The molecule has 0 amide bonds. The van der Waals surface area contributed by atoms with Crippen molar-refractivity contribution in [3.63, 3.8) is 0 Å². The number of aliphatic hydroxyl groups is 1. The number of halogens is 4. The Balaban J connectivity index is 2.12. The Kier molecular flexibility index (Phi) is 4.72. The van der Waals surface area contributed by atoms with Crippen LogP contribution in [0.15, 0.2) is 40.2 Å². The Morgan fingerprint density at radius 3 is 2.65 bits per heavy atom. The second kappa shape index (κ2) is 6.15. The summed E-state index contributed by atoms with van der Waals surface area (Å²) in [6.07, 6.45) is -5.30. The number of ether oxygens (including phenoxy) is 1. The molecule has 0 fully saturated rings. The van der Waals surface area contributed by atoms with Gasteiger partial charge in [0.15, 0.2) is 0 Å². The zero-order valence-corrected chi connectivity index (χ0v) is 12.4. The zero-order valence-electron chi connectivity index (χ0n) is 10.0. The maximum atomic E-state index is 12.1. The van der Waals surface area contributed by atoms with Gasteiger partial charge in [0.05, 0.1) is 6.10 Å². The first kappa shape index (κ1) is 15.3. The Hall–Kier alpha value is -1.05. The molecule has 20 heavy (non-hydrogen) atoms. The van der Waals surface area contributed by atoms with E-state index in [2.05, 4.69) is 20.7 Å². The molecule has 1 aromatic carbocycles. The summed E-state index contributed by atoms with van der Waals surface area (Å²) in [6, 6.07) is 7.23. The number of benzene rings is 1. The predicted molar refractivity (Wildman–Crippen MR) is 73.8 cm³/mol. The van der Waals surface area contributed by atoms with Gasteiger partial charge in [0.25, 0.3) is 0 Å². The third kappa shape index (κ3) is 4.22. The topological polar surface area (TPSA) is 29.5 Å². The van der Waals surface area contributed by atoms with Crippen molar-refractivity contribution in [1.82, 2.24) is 0 Å². The highest BCUT2D eigenvalue weighted by atomic mass is 79.9. The van der Waals surface area contributed by atoms with Crippen molar-refractivity contribution in [2.45, 2.75) is 18.9 Å². The number of aliphatic hydroxyl groups excluding tert-OH is 1. The maximum absolute atomic E-state index is 12.1. The highest BCUT2D eigenvalue weighted by molar-refractivity contribution is 9.10. The van der Waals surface area contributed by atoms with Gasteiger partial charge in [-0.1, -0.05) is 12.1 Å². The lowest BCUT2D eigenvalue weighted by Crippen LogP contribution is -2.17. The molecule has 0 aliphatic rings. The van der Waals surface area contributed by atoms with Crippen LogP contribution in [0.4, 0.5) is 13.2 Å². The van der Waals surface area contributed by atoms with Crippen molar-refractivity contribution in [1.29, 1.82) is 0 Å². The summed E-state index contributed by atoms with van der Waals surface area (Å²) in [5.41, 5.74) is 0.382. The molecule has 7 heteroatoms. The second-order valence-corrected chi connectivity index (χ2v) is 5.89. The zero-order chi connectivity index (χ0) is 14.8. The minimum absolute atomic E-state index is 0.327. The number of hydrogen-bond acceptors (Lipinski definition) is 3. The third-order valence-electron chi connectivity index (χ3n) is 2.55. The van der Waals surface area contributed by atoms with Crippen molar-refractivity contribution in [3.05, 3.63) is 50.6 Å². The smallest absolute Gasteiger partial charge is 0.406 e. The van der Waals surface area contributed by atoms with Crippen molar-refractivity contribution < 1.29 is 23.0 Å². The van der Waals surface area contributed by atoms with E-state index in [9.17, 15) is 18.3 Å². The van der Waals surface area contributed by atoms with Gasteiger partial charge in [0.2, 0.25) is 0 Å². The molecule has 2 aromatic rings. The van der Waals surface area contributed by atoms with Crippen LogP contribution in [0.3, 0.4) is 0 Å². The summed E-state index contributed by atoms with van der Waals surface area (Å²) in [6.45, 7) is 0. The molecule has 1 N–H and O–H groups in total. The van der Waals surface area contributed by atoms with Gasteiger partial charge in [-0.25, -0.2) is 0 Å². The molecule has 1 atom stereocenters. The molecule has 0 radical (unpaired) electrons. The van der Waals surface area contributed by atoms with Crippen molar-refractivity contribution in [3.8, 4) is 5.75 Å². The lowest BCUT2D eigenvalue weighted by molar-refractivity contribution is -0.274. The quantitative estimate of drug-likeness (QED) is 0.850. The fourth-order valence-corrected chi connectivity index (χ4v) is 3.24. The summed E-state index contributed by atoms with van der Waals surface area (Å²) in [5, 5.41) is 12.0. The largest absolute Gasteiger partial charge is 0.573 e. The second-order valence-electron chi connectivity index (χ2n) is 4.03. The van der Waals surface area contributed by atoms with E-state index in [1.54, 1.807) is 6.07 Å². The van der Waals surface area contributed by atoms with Gasteiger partial charge in [0, 0.05) is 15.8 Å². The molecule has 1 aromatic heterocycles. The maximum Gasteiger partial charge on any atom is 0.573 e. The normalized spacial score (nSPS) is 13.2. The van der Waals surface area contributed by atoms with Crippen LogP contribution in [-0.4, -0.2) is 11.5 Å². The average molecular weight is 367 g/mol. The molecular formula is C13H10BrF3O2S. The number of alkyl halides is 3. The van der Waals surface area contributed by atoms with E-state index >= 15 is 0 Å². The highest BCUT2D eigenvalue weighted by Crippen LogP contribution is 2.30. The number of rotatable bonds is 4. The summed E-state index contributed by atoms with van der Waals surface area (Å²) >= 11 is 4.82. The van der Waals surface area contributed by atoms with Crippen LogP contribution >= 0.6 is 27.3 Å². The minimum atomic E-state index is -4.74. The van der Waals surface area contributed by atoms with Crippen LogP contribution in [0.1, 0.15) is 16.5 Å². The monoisotopic (exact) mass is 366 g/mol. The fraction of sp³-hybridized carbons (Fsp3) is 0.231. The SMILES string of the molecule is OC(Cc1sccc1Br)c1cccc(OC(F)(F)F)c1. The molecule has 0 saturated carbocycles. The number of hydrogen-bond donors (Lipinski definition) is 1. The van der Waals surface area contributed by atoms with E-state index in [4.69, 9.17) is 0 Å². The molecule has 0 aliphatic carbocycles. The van der Waals surface area contributed by atoms with Gasteiger partial charge in [-0.3, -0.25) is 0 Å². The molecule has 0 spiro atoms. The van der Waals surface area contributed by atoms with Gasteiger partial charge < -0.3 is 9.84 Å². The van der Waals surface area contributed by atoms with Crippen LogP contribution in [-0.2, 0) is 6.42 Å². The summed E-state index contributed by atoms with van der Waals surface area (Å²) in [7, 11) is 0. The first-order valence-corrected chi connectivity index (χ1v) is 7.28. The lowest BCUT2D eigenvalue weighted by Gasteiger charge is -2.13. The Bertz CT molecular complexity index is 583. The molecule has 2 rings (SSSR count). The van der Waals surface area contributed by atoms with Gasteiger partial charge in [-0.2, -0.15) is 0 Å². The standard InChI is InChI=1S/C13H10BrF3O2S/c14-10-4-5-20-12(10)7-11(18)8-2-1-3-9(6-8)19-13(15,16)17/h1-6,11,18H,7H2. The van der Waals surface area contributed by atoms with Crippen LogP contribution in [0.2, 0.25) is 0 Å². The van der Waals surface area contributed by atoms with Crippen LogP contribution in [0.25, 0.3) is 0 Å². The number of thiophene rings is 1. The van der Waals surface area contributed by atoms with E-state index in [1.165, 1.54) is 29.5 Å². The predicted octanol–water partition coefficient (Wildman–Crippen LogP) is 4.69. The van der Waals surface area contributed by atoms with E-state index in [-0.39, 0.29) is 5.75 Å². The van der Waals surface area contributed by atoms with Crippen LogP contribution in [0.5, 0.6) is 5.75 Å². The molecule has 2 nitrogen and oxygen atoms in total. The first-order chi connectivity index (χ1) is 9.35. The van der Waals surface area contributed by atoms with Crippen molar-refractivity contribution in [2.24, 2.45) is 0 Å². The molecule has 1 unspecified atom stereocenters. The first-order valence-electron chi connectivity index (χ1n) is 5.61. The Morgan fingerprint density at radius 1 is 1.30 bits per heavy atom. The molecule has 0 aliphatic heterocycles. The highest BCUT2D eigenvalue weighted by Gasteiger charge is 2.31. The van der Waals surface area contributed by atoms with E-state index in [1.807, 2.05) is 11.4 Å². The molecule has 0 saturated heterocycles. The third-order valence-corrected chi connectivity index (χ3v) is 4.49. The van der Waals surface area contributed by atoms with Crippen LogP contribution < -0.4 is 4.74 Å². The van der Waals surface area contributed by atoms with E-state index < -0.39 is 12.5 Å². The van der Waals surface area contributed by atoms with Gasteiger partial charge in [0.1, 0.15) is 5.75 Å². The van der Waals surface area contributed by atoms with Crippen molar-refractivity contribution >= 4 is 27.3 Å². The lowest BCUT2D eigenvalue weighted by atomic mass is 10.1. The average Bonchev–Trinajstić information content (AvgIpc) is 2.73. The molecule has 0 bridgehead atoms. The summed E-state index contributed by atoms with van der Waals surface area (Å²) in [5.74, 6) is -0.334. The summed E-state index contributed by atoms with van der Waals surface area (Å²) in [4.78, 5) is 0.930. The minimum Gasteiger partial charge on any atom is -0.406 e. The van der Waals surface area contributed by atoms with Gasteiger partial charge >= 0.3 is 6.36 Å². The fourth-order valence-electron chi connectivity index (χ4n) is 1.68. The summed E-state index contributed by atoms with van der Waals surface area (Å²) < 4.78 is 41.1. The molecule has 1 heterocycles. The van der Waals surface area contributed by atoms with E-state index in [0.29, 0.717) is 12.0 Å². The van der Waals surface area contributed by atoms with E-state index in [0.717, 1.165) is 9.35 Å². The Labute approximate surface area is 125 Å². The molecule has 108 valence electrons. The Morgan fingerprint density at radius 2 is 2.05 bits per heavy atom.